The smallest absolute Gasteiger partial charge is 0.295 e. The van der Waals surface area contributed by atoms with Crippen molar-refractivity contribution in [3.63, 3.8) is 0 Å². The summed E-state index contributed by atoms with van der Waals surface area (Å²) in [4.78, 5) is 32.5. The van der Waals surface area contributed by atoms with Gasteiger partial charge in [-0.25, -0.2) is 0 Å². The highest BCUT2D eigenvalue weighted by molar-refractivity contribution is 6.46. The Labute approximate surface area is 232 Å². The number of aliphatic hydroxyl groups excluding tert-OH is 1. The minimum atomic E-state index is -0.808. The molecule has 0 spiro atoms. The number of benzene rings is 3. The summed E-state index contributed by atoms with van der Waals surface area (Å²) in [6, 6.07) is 25.3. The van der Waals surface area contributed by atoms with E-state index in [0.717, 1.165) is 22.4 Å². The number of amides is 1. The molecule has 1 amide bonds. The summed E-state index contributed by atoms with van der Waals surface area (Å²) in [7, 11) is 0. The van der Waals surface area contributed by atoms with E-state index in [1.165, 1.54) is 4.90 Å². The highest BCUT2D eigenvalue weighted by atomic mass is 16.5. The highest BCUT2D eigenvalue weighted by Gasteiger charge is 2.46. The number of carbonyl (C=O) groups is 2. The first-order valence-electron chi connectivity index (χ1n) is 13.2. The molecule has 0 unspecified atom stereocenters. The number of fused-ring (bicyclic) bond motifs is 1. The standard InChI is InChI=1S/C33H28N2O5/c1-21-16-26-17-25(10-11-28(26)40-21)31(36)29-30(35(33(38)32(29)37)19-22-12-14-34-15-13-22)24-8-5-9-27(18-24)39-20-23-6-3-2-4-7-23/h2-15,17-18,21,30,36H,16,19-20H2,1H3/b31-29+/t21-,30+/m1/s1. The summed E-state index contributed by atoms with van der Waals surface area (Å²) in [5.41, 5.74) is 3.98. The van der Waals surface area contributed by atoms with Gasteiger partial charge in [0, 0.05) is 30.9 Å². The Bertz CT molecular complexity index is 1600. The van der Waals surface area contributed by atoms with E-state index in [9.17, 15) is 14.7 Å². The Hall–Kier alpha value is -4.91. The van der Waals surface area contributed by atoms with Crippen LogP contribution in [0.25, 0.3) is 5.76 Å². The number of Topliss-reactive ketones (excluding diaryl/α,β-unsaturated/α-hetero) is 1. The van der Waals surface area contributed by atoms with Crippen LogP contribution >= 0.6 is 0 Å². The Morgan fingerprint density at radius 3 is 2.58 bits per heavy atom. The third-order valence-electron chi connectivity index (χ3n) is 7.23. The number of carbonyl (C=O) groups excluding carboxylic acids is 2. The molecule has 1 aromatic heterocycles. The van der Waals surface area contributed by atoms with Gasteiger partial charge in [-0.3, -0.25) is 14.6 Å². The highest BCUT2D eigenvalue weighted by Crippen LogP contribution is 2.42. The molecule has 0 saturated carbocycles. The lowest BCUT2D eigenvalue weighted by Crippen LogP contribution is -2.29. The summed E-state index contributed by atoms with van der Waals surface area (Å²) in [5, 5.41) is 11.5. The Balaban J connectivity index is 1.41. The molecule has 2 aliphatic rings. The molecule has 1 N–H and O–H groups in total. The zero-order chi connectivity index (χ0) is 27.6. The maximum absolute atomic E-state index is 13.5. The number of ketones is 1. The zero-order valence-corrected chi connectivity index (χ0v) is 22.0. The number of pyridine rings is 1. The average molecular weight is 533 g/mol. The fourth-order valence-electron chi connectivity index (χ4n) is 5.31. The zero-order valence-electron chi connectivity index (χ0n) is 22.0. The van der Waals surface area contributed by atoms with Crippen LogP contribution in [0.2, 0.25) is 0 Å². The van der Waals surface area contributed by atoms with Crippen molar-refractivity contribution in [1.29, 1.82) is 0 Å². The first-order valence-corrected chi connectivity index (χ1v) is 13.2. The molecule has 0 aliphatic carbocycles. The molecule has 4 aromatic rings. The van der Waals surface area contributed by atoms with E-state index >= 15 is 0 Å². The molecule has 2 atom stereocenters. The number of likely N-dealkylation sites (tertiary alicyclic amines) is 1. The third kappa shape index (κ3) is 4.94. The molecule has 3 heterocycles. The maximum atomic E-state index is 13.5. The van der Waals surface area contributed by atoms with Crippen molar-refractivity contribution in [1.82, 2.24) is 9.88 Å². The molecule has 0 bridgehead atoms. The summed E-state index contributed by atoms with van der Waals surface area (Å²) in [5.74, 6) is -0.241. The first-order chi connectivity index (χ1) is 19.5. The van der Waals surface area contributed by atoms with Crippen LogP contribution in [0.15, 0.2) is 103 Å². The van der Waals surface area contributed by atoms with Crippen LogP contribution in [0.5, 0.6) is 11.5 Å². The van der Waals surface area contributed by atoms with Crippen molar-refractivity contribution in [2.75, 3.05) is 0 Å². The molecule has 7 nitrogen and oxygen atoms in total. The monoisotopic (exact) mass is 532 g/mol. The number of aromatic nitrogens is 1. The second-order valence-electron chi connectivity index (χ2n) is 10.1. The first kappa shape index (κ1) is 25.4. The predicted molar refractivity (Wildman–Crippen MR) is 150 cm³/mol. The molecule has 0 radical (unpaired) electrons. The van der Waals surface area contributed by atoms with Gasteiger partial charge in [0.05, 0.1) is 11.6 Å². The number of hydrogen-bond donors (Lipinski definition) is 1. The second kappa shape index (κ2) is 10.7. The minimum Gasteiger partial charge on any atom is -0.507 e. The van der Waals surface area contributed by atoms with E-state index < -0.39 is 17.7 Å². The van der Waals surface area contributed by atoms with E-state index in [0.29, 0.717) is 29.9 Å². The number of aliphatic hydroxyl groups is 1. The lowest BCUT2D eigenvalue weighted by atomic mass is 9.94. The van der Waals surface area contributed by atoms with Crippen LogP contribution in [0, 0.1) is 0 Å². The molecule has 7 heteroatoms. The Kier molecular flexibility index (Phi) is 6.78. The predicted octanol–water partition coefficient (Wildman–Crippen LogP) is 5.61. The number of ether oxygens (including phenoxy) is 2. The van der Waals surface area contributed by atoms with Gasteiger partial charge in [-0.1, -0.05) is 42.5 Å². The van der Waals surface area contributed by atoms with Crippen LogP contribution in [0.4, 0.5) is 0 Å². The van der Waals surface area contributed by atoms with Gasteiger partial charge in [0.1, 0.15) is 30.0 Å². The van der Waals surface area contributed by atoms with Crippen LogP contribution in [-0.2, 0) is 29.2 Å². The fraction of sp³-hybridized carbons (Fsp3) is 0.182. The fourth-order valence-corrected chi connectivity index (χ4v) is 5.31. The molecule has 6 rings (SSSR count). The van der Waals surface area contributed by atoms with Gasteiger partial charge in [-0.2, -0.15) is 0 Å². The average Bonchev–Trinajstić information content (AvgIpc) is 3.48. The molecular formula is C33H28N2O5. The largest absolute Gasteiger partial charge is 0.507 e. The Morgan fingerprint density at radius 1 is 0.975 bits per heavy atom. The van der Waals surface area contributed by atoms with Crippen LogP contribution < -0.4 is 9.47 Å². The summed E-state index contributed by atoms with van der Waals surface area (Å²) in [6.07, 6.45) is 4.04. The second-order valence-corrected chi connectivity index (χ2v) is 10.1. The van der Waals surface area contributed by atoms with Crippen molar-refractivity contribution >= 4 is 17.4 Å². The van der Waals surface area contributed by atoms with Crippen LogP contribution in [-0.4, -0.2) is 32.8 Å². The van der Waals surface area contributed by atoms with Crippen molar-refractivity contribution in [2.45, 2.75) is 38.6 Å². The quantitative estimate of drug-likeness (QED) is 0.189. The van der Waals surface area contributed by atoms with Gasteiger partial charge in [0.25, 0.3) is 11.7 Å². The molecule has 40 heavy (non-hydrogen) atoms. The van der Waals surface area contributed by atoms with E-state index in [1.54, 1.807) is 36.7 Å². The van der Waals surface area contributed by atoms with Crippen LogP contribution in [0.3, 0.4) is 0 Å². The van der Waals surface area contributed by atoms with E-state index in [2.05, 4.69) is 4.98 Å². The van der Waals surface area contributed by atoms with E-state index in [4.69, 9.17) is 9.47 Å². The maximum Gasteiger partial charge on any atom is 0.295 e. The number of rotatable bonds is 7. The molecule has 2 aliphatic heterocycles. The van der Waals surface area contributed by atoms with Crippen molar-refractivity contribution in [3.05, 3.63) is 131 Å². The molecule has 1 saturated heterocycles. The lowest BCUT2D eigenvalue weighted by Gasteiger charge is -2.26. The lowest BCUT2D eigenvalue weighted by molar-refractivity contribution is -0.140. The van der Waals surface area contributed by atoms with Gasteiger partial charge >= 0.3 is 0 Å². The third-order valence-corrected chi connectivity index (χ3v) is 7.23. The van der Waals surface area contributed by atoms with Gasteiger partial charge in [-0.05, 0) is 71.6 Å². The normalized spacial score (nSPS) is 19.4. The number of nitrogens with zero attached hydrogens (tertiary/aromatic N) is 2. The summed E-state index contributed by atoms with van der Waals surface area (Å²) in [6.45, 7) is 2.54. The molecule has 3 aromatic carbocycles. The molecular weight excluding hydrogens is 504 g/mol. The van der Waals surface area contributed by atoms with E-state index in [-0.39, 0.29) is 24.0 Å². The number of hydrogen-bond acceptors (Lipinski definition) is 6. The topological polar surface area (TPSA) is 89.0 Å². The van der Waals surface area contributed by atoms with Gasteiger partial charge < -0.3 is 19.5 Å². The minimum absolute atomic E-state index is 0.0389. The molecule has 1 fully saturated rings. The molecule has 200 valence electrons. The van der Waals surface area contributed by atoms with Crippen molar-refractivity contribution in [3.8, 4) is 11.5 Å². The SMILES string of the molecule is C[C@@H]1Cc2cc(/C(O)=C3\C(=O)C(=O)N(Cc4ccncc4)[C@H]3c3cccc(OCc4ccccc4)c3)ccc2O1. The van der Waals surface area contributed by atoms with Gasteiger partial charge in [0.15, 0.2) is 0 Å². The van der Waals surface area contributed by atoms with Crippen molar-refractivity contribution < 1.29 is 24.2 Å². The summed E-state index contributed by atoms with van der Waals surface area (Å²) < 4.78 is 11.9. The summed E-state index contributed by atoms with van der Waals surface area (Å²) >= 11 is 0. The van der Waals surface area contributed by atoms with Crippen LogP contribution in [0.1, 0.15) is 40.8 Å². The Morgan fingerprint density at radius 2 is 1.77 bits per heavy atom. The van der Waals surface area contributed by atoms with Gasteiger partial charge in [-0.15, -0.1) is 0 Å². The van der Waals surface area contributed by atoms with Gasteiger partial charge in [0.2, 0.25) is 0 Å². The van der Waals surface area contributed by atoms with Crippen molar-refractivity contribution in [2.24, 2.45) is 0 Å². The van der Waals surface area contributed by atoms with E-state index in [1.807, 2.05) is 67.6 Å².